The molecule has 2 amide bonds. The third-order valence-electron chi connectivity index (χ3n) is 6.75. The van der Waals surface area contributed by atoms with Crippen LogP contribution in [0.5, 0.6) is 0 Å². The Labute approximate surface area is 267 Å². The fourth-order valence-corrected chi connectivity index (χ4v) is 6.48. The number of benzene rings is 3. The minimum absolute atomic E-state index is 0.0170. The van der Waals surface area contributed by atoms with Gasteiger partial charge in [-0.3, -0.25) is 13.9 Å². The molecule has 1 N–H and O–H groups in total. The van der Waals surface area contributed by atoms with E-state index in [-0.39, 0.29) is 50.6 Å². The molecule has 0 spiro atoms. The zero-order valence-electron chi connectivity index (χ0n) is 23.7. The Bertz CT molecular complexity index is 1510. The minimum atomic E-state index is -4.26. The predicted octanol–water partition coefficient (Wildman–Crippen LogP) is 7.53. The predicted molar refractivity (Wildman–Crippen MR) is 171 cm³/mol. The molecule has 2 atom stereocenters. The van der Waals surface area contributed by atoms with Crippen LogP contribution in [0.15, 0.2) is 65.6 Å². The van der Waals surface area contributed by atoms with Crippen molar-refractivity contribution in [3.05, 3.63) is 91.9 Å². The molecule has 0 aromatic heterocycles. The van der Waals surface area contributed by atoms with Gasteiger partial charge in [-0.1, -0.05) is 84.0 Å². The fraction of sp³-hybridized carbons (Fsp3) is 0.333. The van der Waals surface area contributed by atoms with Crippen LogP contribution in [0.1, 0.15) is 44.7 Å². The van der Waals surface area contributed by atoms with E-state index in [9.17, 15) is 18.0 Å². The molecule has 0 saturated carbocycles. The van der Waals surface area contributed by atoms with E-state index in [0.29, 0.717) is 17.0 Å². The third-order valence-corrected chi connectivity index (χ3v) is 9.71. The van der Waals surface area contributed by atoms with Gasteiger partial charge in [0.15, 0.2) is 0 Å². The molecule has 42 heavy (non-hydrogen) atoms. The molecule has 7 nitrogen and oxygen atoms in total. The first-order chi connectivity index (χ1) is 19.8. The molecule has 3 rings (SSSR count). The molecule has 0 radical (unpaired) electrons. The van der Waals surface area contributed by atoms with Crippen molar-refractivity contribution >= 4 is 73.9 Å². The summed E-state index contributed by atoms with van der Waals surface area (Å²) >= 11 is 24.8. The molecule has 0 heterocycles. The molecule has 0 aliphatic carbocycles. The van der Waals surface area contributed by atoms with Crippen molar-refractivity contribution in [3.63, 3.8) is 0 Å². The van der Waals surface area contributed by atoms with Gasteiger partial charge < -0.3 is 10.2 Å². The fourth-order valence-electron chi connectivity index (χ4n) is 4.24. The van der Waals surface area contributed by atoms with E-state index < -0.39 is 28.5 Å². The number of amides is 2. The molecule has 0 saturated heterocycles. The van der Waals surface area contributed by atoms with Crippen LogP contribution in [0.4, 0.5) is 5.69 Å². The Hall–Kier alpha value is -2.49. The second-order valence-corrected chi connectivity index (χ2v) is 13.5. The number of halogens is 4. The zero-order chi connectivity index (χ0) is 31.2. The highest BCUT2D eigenvalue weighted by Gasteiger charge is 2.34. The molecular formula is C30H33Cl4N3O4S. The summed E-state index contributed by atoms with van der Waals surface area (Å²) in [5.41, 5.74) is 1.59. The number of nitrogens with one attached hydrogen (secondary N) is 1. The lowest BCUT2D eigenvalue weighted by Crippen LogP contribution is -2.53. The Morgan fingerprint density at radius 1 is 0.857 bits per heavy atom. The summed E-state index contributed by atoms with van der Waals surface area (Å²) in [5, 5.41) is 3.96. The molecule has 12 heteroatoms. The van der Waals surface area contributed by atoms with Gasteiger partial charge in [-0.25, -0.2) is 8.42 Å². The molecule has 0 aliphatic rings. The van der Waals surface area contributed by atoms with E-state index in [4.69, 9.17) is 46.4 Å². The maximum absolute atomic E-state index is 14.2. The van der Waals surface area contributed by atoms with E-state index >= 15 is 0 Å². The van der Waals surface area contributed by atoms with Gasteiger partial charge in [-0.2, -0.15) is 0 Å². The first-order valence-corrected chi connectivity index (χ1v) is 16.3. The SMILES string of the molecule is CC[C@H](C)NC(=O)[C@H](CC)N(Cc1ccc(Cl)c(Cl)c1)C(=O)CN(c1cc(Cl)cc(Cl)c1)S(=O)(=O)c1ccc(C)cc1. The summed E-state index contributed by atoms with van der Waals surface area (Å²) in [4.78, 5) is 28.9. The highest BCUT2D eigenvalue weighted by Crippen LogP contribution is 2.31. The van der Waals surface area contributed by atoms with Gasteiger partial charge in [0, 0.05) is 22.6 Å². The summed E-state index contributed by atoms with van der Waals surface area (Å²) < 4.78 is 28.9. The summed E-state index contributed by atoms with van der Waals surface area (Å²) in [6.07, 6.45) is 0.976. The van der Waals surface area contributed by atoms with Crippen molar-refractivity contribution in [1.82, 2.24) is 10.2 Å². The summed E-state index contributed by atoms with van der Waals surface area (Å²) in [7, 11) is -4.26. The number of aryl methyl sites for hydroxylation is 1. The largest absolute Gasteiger partial charge is 0.352 e. The van der Waals surface area contributed by atoms with Crippen LogP contribution in [0.3, 0.4) is 0 Å². The summed E-state index contributed by atoms with van der Waals surface area (Å²) in [6, 6.07) is 14.5. The number of carbonyl (C=O) groups excluding carboxylic acids is 2. The van der Waals surface area contributed by atoms with Crippen molar-refractivity contribution in [3.8, 4) is 0 Å². The van der Waals surface area contributed by atoms with Gasteiger partial charge in [0.2, 0.25) is 11.8 Å². The van der Waals surface area contributed by atoms with Crippen molar-refractivity contribution < 1.29 is 18.0 Å². The van der Waals surface area contributed by atoms with Crippen LogP contribution in [-0.2, 0) is 26.2 Å². The van der Waals surface area contributed by atoms with Gasteiger partial charge in [-0.15, -0.1) is 0 Å². The first kappa shape index (κ1) is 34.0. The number of hydrogen-bond donors (Lipinski definition) is 1. The first-order valence-electron chi connectivity index (χ1n) is 13.4. The van der Waals surface area contributed by atoms with Crippen molar-refractivity contribution in [2.45, 2.75) is 64.1 Å². The molecule has 0 bridgehead atoms. The van der Waals surface area contributed by atoms with E-state index in [1.54, 1.807) is 37.3 Å². The normalized spacial score (nSPS) is 12.9. The van der Waals surface area contributed by atoms with Gasteiger partial charge in [0.05, 0.1) is 20.6 Å². The van der Waals surface area contributed by atoms with Gasteiger partial charge in [0.25, 0.3) is 10.0 Å². The Morgan fingerprint density at radius 2 is 1.48 bits per heavy atom. The topological polar surface area (TPSA) is 86.8 Å². The number of anilines is 1. The molecule has 0 aliphatic heterocycles. The van der Waals surface area contributed by atoms with Crippen LogP contribution in [0.2, 0.25) is 20.1 Å². The standard InChI is InChI=1S/C30H33Cl4N3O4S/c1-5-20(4)35-30(39)28(6-2)36(17-21-9-12-26(33)27(34)13-21)29(38)18-37(24-15-22(31)14-23(32)16-24)42(40,41)25-10-7-19(3)8-11-25/h7-16,20,28H,5-6,17-18H2,1-4H3,(H,35,39)/t20-,28-/m0/s1. The zero-order valence-corrected chi connectivity index (χ0v) is 27.5. The lowest BCUT2D eigenvalue weighted by atomic mass is 10.1. The smallest absolute Gasteiger partial charge is 0.264 e. The third kappa shape index (κ3) is 8.54. The van der Waals surface area contributed by atoms with E-state index in [0.717, 1.165) is 9.87 Å². The highest BCUT2D eigenvalue weighted by atomic mass is 35.5. The molecular weight excluding hydrogens is 640 g/mol. The van der Waals surface area contributed by atoms with Crippen LogP contribution in [0, 0.1) is 6.92 Å². The lowest BCUT2D eigenvalue weighted by molar-refractivity contribution is -0.140. The molecule has 0 unspecified atom stereocenters. The Morgan fingerprint density at radius 3 is 2.02 bits per heavy atom. The molecule has 0 fully saturated rings. The summed E-state index contributed by atoms with van der Waals surface area (Å²) in [5.74, 6) is -0.960. The van der Waals surface area contributed by atoms with Crippen LogP contribution in [-0.4, -0.2) is 43.8 Å². The molecule has 3 aromatic rings. The number of rotatable bonds is 12. The average Bonchev–Trinajstić information content (AvgIpc) is 2.92. The maximum atomic E-state index is 14.2. The second kappa shape index (κ2) is 14.8. The number of hydrogen-bond acceptors (Lipinski definition) is 4. The number of nitrogens with zero attached hydrogens (tertiary/aromatic N) is 2. The quantitative estimate of drug-likeness (QED) is 0.216. The summed E-state index contributed by atoms with van der Waals surface area (Å²) in [6.45, 7) is 6.79. The van der Waals surface area contributed by atoms with Gasteiger partial charge in [-0.05, 0) is 74.7 Å². The van der Waals surface area contributed by atoms with E-state index in [1.807, 2.05) is 20.8 Å². The van der Waals surface area contributed by atoms with Crippen molar-refractivity contribution in [2.24, 2.45) is 0 Å². The average molecular weight is 673 g/mol. The van der Waals surface area contributed by atoms with Gasteiger partial charge in [0.1, 0.15) is 12.6 Å². The van der Waals surface area contributed by atoms with Gasteiger partial charge >= 0.3 is 0 Å². The maximum Gasteiger partial charge on any atom is 0.264 e. The van der Waals surface area contributed by atoms with Crippen LogP contribution >= 0.6 is 46.4 Å². The Kier molecular flexibility index (Phi) is 12.0. The second-order valence-electron chi connectivity index (χ2n) is 9.96. The number of carbonyl (C=O) groups is 2. The van der Waals surface area contributed by atoms with Crippen LogP contribution < -0.4 is 9.62 Å². The van der Waals surface area contributed by atoms with E-state index in [2.05, 4.69) is 5.32 Å². The lowest BCUT2D eigenvalue weighted by Gasteiger charge is -2.34. The monoisotopic (exact) mass is 671 g/mol. The molecule has 3 aromatic carbocycles. The Balaban J connectivity index is 2.11. The molecule has 226 valence electrons. The van der Waals surface area contributed by atoms with Crippen molar-refractivity contribution in [2.75, 3.05) is 10.8 Å². The number of sulfonamides is 1. The highest BCUT2D eigenvalue weighted by molar-refractivity contribution is 7.92. The van der Waals surface area contributed by atoms with Crippen molar-refractivity contribution in [1.29, 1.82) is 0 Å². The van der Waals surface area contributed by atoms with E-state index in [1.165, 1.54) is 35.2 Å². The van der Waals surface area contributed by atoms with Crippen LogP contribution in [0.25, 0.3) is 0 Å². The minimum Gasteiger partial charge on any atom is -0.352 e.